The molecule has 3 radical (unpaired) electrons. The molecule has 0 heterocycles. The fourth-order valence-corrected chi connectivity index (χ4v) is 0. The van der Waals surface area contributed by atoms with E-state index in [1.165, 1.54) is 0 Å². The first-order valence-corrected chi connectivity index (χ1v) is 0. The molecular weight excluding hydrogens is 190 g/mol. The van der Waals surface area contributed by atoms with Crippen molar-refractivity contribution in [1.82, 2.24) is 0 Å². The molecule has 1 atom stereocenters. The van der Waals surface area contributed by atoms with E-state index in [9.17, 15) is 0 Å². The predicted molar refractivity (Wildman–Crippen MR) is 34.9 cm³/mol. The van der Waals surface area contributed by atoms with Crippen LogP contribution in [-0.2, 0) is 34.4 Å². The van der Waals surface area contributed by atoms with Crippen LogP contribution in [0, 0.1) is 0 Å². The van der Waals surface area contributed by atoms with Crippen LogP contribution in [0.5, 0.6) is 0 Å². The third kappa shape index (κ3) is 42.0. The van der Waals surface area contributed by atoms with E-state index in [-0.39, 0.29) is 71.1 Å². The average Bonchev–Trinajstić information content (AvgIpc) is 0. The van der Waals surface area contributed by atoms with Crippen molar-refractivity contribution in [2.75, 3.05) is 0 Å². The Balaban J connectivity index is 0. The summed E-state index contributed by atoms with van der Waals surface area (Å²) >= 11 is 0. The molecule has 41 valence electrons. The Bertz CT molecular complexity index is 15.5. The van der Waals surface area contributed by atoms with Gasteiger partial charge in [0.2, 0.25) is 0 Å². The second kappa shape index (κ2) is 72.2. The molecule has 0 bridgehead atoms. The minimum atomic E-state index is 0. The number of hydrogen-bond donors (Lipinski definition) is 0. The molecule has 0 aliphatic heterocycles. The van der Waals surface area contributed by atoms with Gasteiger partial charge in [-0.25, -0.2) is 0 Å². The summed E-state index contributed by atoms with van der Waals surface area (Å²) in [7, 11) is 0. The third-order valence-electron chi connectivity index (χ3n) is 0. The Hall–Kier alpha value is 1.76. The van der Waals surface area contributed by atoms with Gasteiger partial charge in [-0.2, -0.15) is 9.90 Å². The monoisotopic (exact) mass is 201 g/mol. The summed E-state index contributed by atoms with van der Waals surface area (Å²) in [5.74, 6) is 0. The Labute approximate surface area is 71.1 Å². The van der Waals surface area contributed by atoms with Crippen molar-refractivity contribution in [2.24, 2.45) is 0 Å². The molecule has 0 amide bonds. The van der Waals surface area contributed by atoms with Crippen LogP contribution in [0.25, 0.3) is 0 Å². The van der Waals surface area contributed by atoms with Gasteiger partial charge in [0, 0.05) is 42.8 Å². The van der Waals surface area contributed by atoms with Crippen molar-refractivity contribution < 1.29 is 34.4 Å². The SMILES string of the molecule is C.P.[B].[Cr].[Fe].[SiH4]. The maximum atomic E-state index is 0. The van der Waals surface area contributed by atoms with E-state index in [0.717, 1.165) is 0 Å². The summed E-state index contributed by atoms with van der Waals surface area (Å²) in [6.45, 7) is 0. The molecule has 0 aromatic rings. The van der Waals surface area contributed by atoms with E-state index in [1.54, 1.807) is 0 Å². The van der Waals surface area contributed by atoms with Gasteiger partial charge in [0.05, 0.1) is 0 Å². The van der Waals surface area contributed by atoms with Gasteiger partial charge in [0.15, 0.2) is 0 Å². The third-order valence-corrected chi connectivity index (χ3v) is 0. The van der Waals surface area contributed by atoms with Crippen LogP contribution < -0.4 is 0 Å². The molecule has 0 fully saturated rings. The van der Waals surface area contributed by atoms with Crippen molar-refractivity contribution in [3.63, 3.8) is 0 Å². The summed E-state index contributed by atoms with van der Waals surface area (Å²) in [6, 6.07) is 0. The molecule has 1 unspecified atom stereocenters. The zero-order valence-electron chi connectivity index (χ0n) is 2.05. The van der Waals surface area contributed by atoms with Gasteiger partial charge in [-0.1, -0.05) is 7.43 Å². The topological polar surface area (TPSA) is 0 Å². The van der Waals surface area contributed by atoms with Crippen molar-refractivity contribution in [3.05, 3.63) is 0 Å². The maximum Gasteiger partial charge on any atom is 0 e. The summed E-state index contributed by atoms with van der Waals surface area (Å²) in [4.78, 5) is 0. The van der Waals surface area contributed by atoms with Gasteiger partial charge in [-0.3, -0.25) is 0 Å². The quantitative estimate of drug-likeness (QED) is 0.343. The van der Waals surface area contributed by atoms with Crippen molar-refractivity contribution in [3.8, 4) is 0 Å². The molecule has 0 aromatic carbocycles. The number of rotatable bonds is 0. The van der Waals surface area contributed by atoms with Gasteiger partial charge in [0.1, 0.15) is 0 Å². The van der Waals surface area contributed by atoms with Crippen LogP contribution >= 0.6 is 9.90 Å². The van der Waals surface area contributed by atoms with Gasteiger partial charge >= 0.3 is 0 Å². The fourth-order valence-electron chi connectivity index (χ4n) is 0. The smallest absolute Gasteiger partial charge is 0 e. The normalized spacial score (nSPS) is 0. The zero-order valence-corrected chi connectivity index (χ0v) is 5.84. The molecule has 0 spiro atoms. The van der Waals surface area contributed by atoms with Crippen LogP contribution in [0.15, 0.2) is 0 Å². The van der Waals surface area contributed by atoms with Crippen LogP contribution in [0.1, 0.15) is 7.43 Å². The first-order chi connectivity index (χ1) is 0. The molecule has 6 heavy (non-hydrogen) atoms. The van der Waals surface area contributed by atoms with Crippen LogP contribution in [0.4, 0.5) is 0 Å². The van der Waals surface area contributed by atoms with Gasteiger partial charge < -0.3 is 0 Å². The Morgan fingerprint density at radius 2 is 1.00 bits per heavy atom. The van der Waals surface area contributed by atoms with E-state index in [4.69, 9.17) is 0 Å². The molecule has 0 aliphatic rings. The minimum Gasteiger partial charge on any atom is -0.153 e. The van der Waals surface area contributed by atoms with E-state index in [1.807, 2.05) is 0 Å². The molecule has 0 rings (SSSR count). The van der Waals surface area contributed by atoms with Crippen LogP contribution in [-0.4, -0.2) is 19.4 Å². The van der Waals surface area contributed by atoms with E-state index < -0.39 is 0 Å². The van der Waals surface area contributed by atoms with Gasteiger partial charge in [0.25, 0.3) is 0 Å². The summed E-state index contributed by atoms with van der Waals surface area (Å²) < 4.78 is 0. The summed E-state index contributed by atoms with van der Waals surface area (Å²) in [6.07, 6.45) is 0. The van der Waals surface area contributed by atoms with Crippen molar-refractivity contribution >= 4 is 29.3 Å². The van der Waals surface area contributed by atoms with Crippen molar-refractivity contribution in [1.29, 1.82) is 0 Å². The summed E-state index contributed by atoms with van der Waals surface area (Å²) in [5, 5.41) is 0. The second-order valence-corrected chi connectivity index (χ2v) is 0. The summed E-state index contributed by atoms with van der Waals surface area (Å²) in [5.41, 5.74) is 0. The van der Waals surface area contributed by atoms with Crippen LogP contribution in [0.3, 0.4) is 0 Å². The Kier molecular flexibility index (Phi) is 1370. The maximum absolute atomic E-state index is 0. The van der Waals surface area contributed by atoms with Gasteiger partial charge in [-0.15, -0.1) is 0 Å². The van der Waals surface area contributed by atoms with E-state index in [2.05, 4.69) is 0 Å². The molecule has 0 saturated carbocycles. The molecule has 0 aliphatic carbocycles. The molecule has 0 N–H and O–H groups in total. The minimum absolute atomic E-state index is 0. The van der Waals surface area contributed by atoms with Gasteiger partial charge in [-0.05, 0) is 11.0 Å². The average molecular weight is 201 g/mol. The molecule has 0 nitrogen and oxygen atoms in total. The number of hydrogen-bond acceptors (Lipinski definition) is 0. The first kappa shape index (κ1) is 114. The fraction of sp³-hybridized carbons (Fsp3) is 1.00. The standard InChI is InChI=1S/CH4.B.Cr.Fe.H3P.H4Si/h1H4;;;;1H3;1H4. The predicted octanol–water partition coefficient (Wildman–Crippen LogP) is -1.14. The van der Waals surface area contributed by atoms with E-state index in [0.29, 0.717) is 0 Å². The Morgan fingerprint density at radius 3 is 1.00 bits per heavy atom. The van der Waals surface area contributed by atoms with Crippen LogP contribution in [0.2, 0.25) is 0 Å². The first-order valence-electron chi connectivity index (χ1n) is 0. The molecule has 5 heteroatoms. The largest absolute Gasteiger partial charge is 0.153 e. The van der Waals surface area contributed by atoms with Crippen molar-refractivity contribution in [2.45, 2.75) is 7.43 Å². The molecular formula is CH11BCrFePSi. The second-order valence-electron chi connectivity index (χ2n) is 0. The zero-order chi connectivity index (χ0) is 0. The molecule has 0 saturated heterocycles. The molecule has 0 aromatic heterocycles. The Morgan fingerprint density at radius 1 is 1.00 bits per heavy atom. The van der Waals surface area contributed by atoms with E-state index >= 15 is 0 Å².